The Balaban J connectivity index is 1.50. The third-order valence-corrected chi connectivity index (χ3v) is 4.07. The molecule has 0 N–H and O–H groups in total. The number of esters is 1. The van der Waals surface area contributed by atoms with Crippen LogP contribution in [0.4, 0.5) is 0 Å². The van der Waals surface area contributed by atoms with Crippen molar-refractivity contribution in [2.75, 3.05) is 6.61 Å². The first-order chi connectivity index (χ1) is 13.1. The van der Waals surface area contributed by atoms with Gasteiger partial charge in [0.05, 0.1) is 0 Å². The van der Waals surface area contributed by atoms with Gasteiger partial charge in [-0.3, -0.25) is 4.79 Å². The Hall–Kier alpha value is -3.11. The standard InChI is InChI=1S/C22H17ClO4/c23-19-10-6-17(7-11-19)22(25)18-8-12-20(13-9-18)26-15-21(24)27-14-16-4-2-1-3-5-16/h1-13H,14-15H2. The van der Waals surface area contributed by atoms with E-state index in [9.17, 15) is 9.59 Å². The molecule has 0 atom stereocenters. The number of hydrogen-bond donors (Lipinski definition) is 0. The third-order valence-electron chi connectivity index (χ3n) is 3.82. The summed E-state index contributed by atoms with van der Waals surface area (Å²) < 4.78 is 10.6. The number of ether oxygens (including phenoxy) is 2. The van der Waals surface area contributed by atoms with E-state index in [0.29, 0.717) is 21.9 Å². The summed E-state index contributed by atoms with van der Waals surface area (Å²) in [5.41, 5.74) is 1.99. The molecule has 3 aromatic carbocycles. The van der Waals surface area contributed by atoms with Gasteiger partial charge in [-0.2, -0.15) is 0 Å². The molecule has 0 unspecified atom stereocenters. The summed E-state index contributed by atoms with van der Waals surface area (Å²) in [4.78, 5) is 24.2. The number of halogens is 1. The fourth-order valence-electron chi connectivity index (χ4n) is 2.39. The molecule has 0 heterocycles. The Kier molecular flexibility index (Phi) is 6.23. The largest absolute Gasteiger partial charge is 0.482 e. The lowest BCUT2D eigenvalue weighted by Crippen LogP contribution is -2.14. The number of carbonyl (C=O) groups is 2. The van der Waals surface area contributed by atoms with Gasteiger partial charge in [-0.05, 0) is 54.1 Å². The lowest BCUT2D eigenvalue weighted by Gasteiger charge is -2.08. The highest BCUT2D eigenvalue weighted by Crippen LogP contribution is 2.17. The summed E-state index contributed by atoms with van der Waals surface area (Å²) in [5.74, 6) is -0.0834. The van der Waals surface area contributed by atoms with Crippen LogP contribution < -0.4 is 4.74 Å². The highest BCUT2D eigenvalue weighted by molar-refractivity contribution is 6.30. The average molecular weight is 381 g/mol. The van der Waals surface area contributed by atoms with Crippen molar-refractivity contribution >= 4 is 23.4 Å². The summed E-state index contributed by atoms with van der Waals surface area (Å²) in [6, 6.07) is 22.7. The maximum Gasteiger partial charge on any atom is 0.344 e. The van der Waals surface area contributed by atoms with E-state index in [1.165, 1.54) is 0 Å². The summed E-state index contributed by atoms with van der Waals surface area (Å²) in [5, 5.41) is 0.578. The zero-order valence-electron chi connectivity index (χ0n) is 14.4. The molecule has 0 saturated carbocycles. The van der Waals surface area contributed by atoms with E-state index in [0.717, 1.165) is 5.56 Å². The van der Waals surface area contributed by atoms with Crippen molar-refractivity contribution in [3.63, 3.8) is 0 Å². The quantitative estimate of drug-likeness (QED) is 0.440. The minimum absolute atomic E-state index is 0.111. The number of benzene rings is 3. The maximum absolute atomic E-state index is 12.4. The molecule has 5 heteroatoms. The van der Waals surface area contributed by atoms with E-state index in [2.05, 4.69) is 0 Å². The van der Waals surface area contributed by atoms with Gasteiger partial charge in [-0.15, -0.1) is 0 Å². The molecule has 4 nitrogen and oxygen atoms in total. The molecule has 3 aromatic rings. The number of hydrogen-bond acceptors (Lipinski definition) is 4. The van der Waals surface area contributed by atoms with Gasteiger partial charge in [0.2, 0.25) is 0 Å². The predicted molar refractivity (Wildman–Crippen MR) is 103 cm³/mol. The second kappa shape index (κ2) is 9.01. The molecule has 27 heavy (non-hydrogen) atoms. The van der Waals surface area contributed by atoms with Crippen LogP contribution in [0.1, 0.15) is 21.5 Å². The Morgan fingerprint density at radius 3 is 2.00 bits per heavy atom. The van der Waals surface area contributed by atoms with E-state index < -0.39 is 5.97 Å². The fraction of sp³-hybridized carbons (Fsp3) is 0.0909. The van der Waals surface area contributed by atoms with E-state index >= 15 is 0 Å². The van der Waals surface area contributed by atoms with Crippen LogP contribution in [0.15, 0.2) is 78.9 Å². The normalized spacial score (nSPS) is 10.3. The summed E-state index contributed by atoms with van der Waals surface area (Å²) in [6.45, 7) is 0.00881. The number of carbonyl (C=O) groups excluding carboxylic acids is 2. The SMILES string of the molecule is O=C(COc1ccc(C(=O)c2ccc(Cl)cc2)cc1)OCc1ccccc1. The number of rotatable bonds is 7. The Labute approximate surface area is 162 Å². The second-order valence-corrected chi connectivity index (χ2v) is 6.23. The molecular weight excluding hydrogens is 364 g/mol. The van der Waals surface area contributed by atoms with Crippen LogP contribution in [0.3, 0.4) is 0 Å². The van der Waals surface area contributed by atoms with Crippen LogP contribution in [0.25, 0.3) is 0 Å². The molecule has 0 aliphatic heterocycles. The van der Waals surface area contributed by atoms with Crippen LogP contribution in [0.5, 0.6) is 5.75 Å². The van der Waals surface area contributed by atoms with Gasteiger partial charge in [0.25, 0.3) is 0 Å². The van der Waals surface area contributed by atoms with Crippen LogP contribution >= 0.6 is 11.6 Å². The van der Waals surface area contributed by atoms with Gasteiger partial charge >= 0.3 is 5.97 Å². The monoisotopic (exact) mass is 380 g/mol. The zero-order valence-corrected chi connectivity index (χ0v) is 15.2. The van der Waals surface area contributed by atoms with Gasteiger partial charge in [-0.25, -0.2) is 4.79 Å². The molecule has 0 radical (unpaired) electrons. The molecule has 0 fully saturated rings. The van der Waals surface area contributed by atoms with Crippen molar-refractivity contribution in [2.45, 2.75) is 6.61 Å². The van der Waals surface area contributed by atoms with E-state index in [1.807, 2.05) is 30.3 Å². The zero-order chi connectivity index (χ0) is 19.1. The summed E-state index contributed by atoms with van der Waals surface area (Å²) in [6.07, 6.45) is 0. The molecule has 3 rings (SSSR count). The van der Waals surface area contributed by atoms with E-state index in [-0.39, 0.29) is 19.0 Å². The topological polar surface area (TPSA) is 52.6 Å². The predicted octanol–water partition coefficient (Wildman–Crippen LogP) is 4.69. The minimum atomic E-state index is -0.458. The Bertz CT molecular complexity index is 903. The van der Waals surface area contributed by atoms with Gasteiger partial charge < -0.3 is 9.47 Å². The van der Waals surface area contributed by atoms with Crippen molar-refractivity contribution in [3.8, 4) is 5.75 Å². The first-order valence-electron chi connectivity index (χ1n) is 8.34. The Morgan fingerprint density at radius 2 is 1.37 bits per heavy atom. The highest BCUT2D eigenvalue weighted by atomic mass is 35.5. The van der Waals surface area contributed by atoms with Crippen LogP contribution in [0.2, 0.25) is 5.02 Å². The van der Waals surface area contributed by atoms with Crippen LogP contribution in [-0.4, -0.2) is 18.4 Å². The van der Waals surface area contributed by atoms with Gasteiger partial charge in [-0.1, -0.05) is 41.9 Å². The van der Waals surface area contributed by atoms with Crippen molar-refractivity contribution in [2.24, 2.45) is 0 Å². The molecular formula is C22H17ClO4. The van der Waals surface area contributed by atoms with Crippen molar-refractivity contribution in [3.05, 3.63) is 101 Å². The van der Waals surface area contributed by atoms with E-state index in [1.54, 1.807) is 48.5 Å². The fourth-order valence-corrected chi connectivity index (χ4v) is 2.52. The maximum atomic E-state index is 12.4. The van der Waals surface area contributed by atoms with Gasteiger partial charge in [0.1, 0.15) is 12.4 Å². The summed E-state index contributed by atoms with van der Waals surface area (Å²) >= 11 is 5.84. The lowest BCUT2D eigenvalue weighted by atomic mass is 10.0. The molecule has 0 aliphatic rings. The van der Waals surface area contributed by atoms with Crippen molar-refractivity contribution < 1.29 is 19.1 Å². The summed E-state index contributed by atoms with van der Waals surface area (Å²) in [7, 11) is 0. The van der Waals surface area contributed by atoms with E-state index in [4.69, 9.17) is 21.1 Å². The Morgan fingerprint density at radius 1 is 0.778 bits per heavy atom. The molecule has 0 amide bonds. The van der Waals surface area contributed by atoms with Crippen molar-refractivity contribution in [1.82, 2.24) is 0 Å². The number of ketones is 1. The molecule has 0 saturated heterocycles. The molecule has 0 aliphatic carbocycles. The molecule has 0 aromatic heterocycles. The van der Waals surface area contributed by atoms with Crippen LogP contribution in [0, 0.1) is 0 Å². The first kappa shape index (κ1) is 18.7. The van der Waals surface area contributed by atoms with Gasteiger partial charge in [0, 0.05) is 16.1 Å². The lowest BCUT2D eigenvalue weighted by molar-refractivity contribution is -0.147. The third kappa shape index (κ3) is 5.43. The highest BCUT2D eigenvalue weighted by Gasteiger charge is 2.10. The average Bonchev–Trinajstić information content (AvgIpc) is 2.72. The van der Waals surface area contributed by atoms with Gasteiger partial charge in [0.15, 0.2) is 12.4 Å². The van der Waals surface area contributed by atoms with Crippen LogP contribution in [-0.2, 0) is 16.1 Å². The smallest absolute Gasteiger partial charge is 0.344 e. The molecule has 0 spiro atoms. The molecule has 136 valence electrons. The first-order valence-corrected chi connectivity index (χ1v) is 8.72. The second-order valence-electron chi connectivity index (χ2n) is 5.80. The van der Waals surface area contributed by atoms with Crippen molar-refractivity contribution in [1.29, 1.82) is 0 Å². The minimum Gasteiger partial charge on any atom is -0.482 e. The molecule has 0 bridgehead atoms.